The van der Waals surface area contributed by atoms with E-state index in [4.69, 9.17) is 4.74 Å². The minimum atomic E-state index is -0.236. The van der Waals surface area contributed by atoms with Crippen molar-refractivity contribution in [3.63, 3.8) is 0 Å². The van der Waals surface area contributed by atoms with Crippen molar-refractivity contribution in [2.24, 2.45) is 46.3 Å². The first-order valence-corrected chi connectivity index (χ1v) is 28.5. The fourth-order valence-electron chi connectivity index (χ4n) is 14.1. The molecule has 4 aliphatic rings. The van der Waals surface area contributed by atoms with E-state index in [0.29, 0.717) is 17.3 Å². The normalized spacial score (nSPS) is 27.9. The molecule has 1 N–H and O–H groups in total. The average molecular weight is 882 g/mol. The van der Waals surface area contributed by atoms with Crippen LogP contribution in [-0.4, -0.2) is 72.4 Å². The van der Waals surface area contributed by atoms with Crippen molar-refractivity contribution in [3.8, 4) is 0 Å². The Balaban J connectivity index is 1.12. The number of allylic oxidation sites excluding steroid dienone is 1. The second-order valence-corrected chi connectivity index (χ2v) is 23.2. The highest BCUT2D eigenvalue weighted by Crippen LogP contribution is 2.67. The Bertz CT molecular complexity index is 1250. The van der Waals surface area contributed by atoms with Crippen molar-refractivity contribution in [2.45, 2.75) is 267 Å². The van der Waals surface area contributed by atoms with Crippen molar-refractivity contribution < 1.29 is 14.6 Å². The van der Waals surface area contributed by atoms with Gasteiger partial charge in [0.15, 0.2) is 0 Å². The summed E-state index contributed by atoms with van der Waals surface area (Å²) in [5, 5.41) is 11.1. The maximum atomic E-state index is 13.2. The molecule has 9 atom stereocenters. The minimum absolute atomic E-state index is 0.0190. The van der Waals surface area contributed by atoms with E-state index in [0.717, 1.165) is 126 Å². The summed E-state index contributed by atoms with van der Waals surface area (Å²) in [6.07, 6.45) is 41.7. The molecule has 0 aliphatic heterocycles. The first-order valence-electron chi connectivity index (χ1n) is 28.5. The maximum Gasteiger partial charge on any atom is 0.306 e. The number of aliphatic hydroxyl groups excluding tert-OH is 1. The summed E-state index contributed by atoms with van der Waals surface area (Å²) in [6, 6.07) is 0. The fraction of sp³-hybridized carbons (Fsp3) is 0.948. The predicted octanol–water partition coefficient (Wildman–Crippen LogP) is 15.8. The maximum absolute atomic E-state index is 13.2. The van der Waals surface area contributed by atoms with Gasteiger partial charge in [-0.15, -0.1) is 0 Å². The summed E-state index contributed by atoms with van der Waals surface area (Å²) >= 11 is 0. The number of hydrogen-bond acceptors (Lipinski definition) is 5. The van der Waals surface area contributed by atoms with Crippen LogP contribution in [0.25, 0.3) is 0 Å². The topological polar surface area (TPSA) is 53.0 Å². The van der Waals surface area contributed by atoms with Gasteiger partial charge in [-0.05, 0) is 150 Å². The lowest BCUT2D eigenvalue weighted by molar-refractivity contribution is -0.151. The van der Waals surface area contributed by atoms with Gasteiger partial charge in [-0.3, -0.25) is 4.79 Å². The summed E-state index contributed by atoms with van der Waals surface area (Å²) in [7, 11) is 0. The van der Waals surface area contributed by atoms with Crippen LogP contribution in [0.3, 0.4) is 0 Å². The van der Waals surface area contributed by atoms with Crippen LogP contribution in [0, 0.1) is 46.3 Å². The Labute approximate surface area is 392 Å². The number of carbonyl (C=O) groups is 1. The van der Waals surface area contributed by atoms with E-state index in [9.17, 15) is 9.90 Å². The Hall–Kier alpha value is -0.910. The largest absolute Gasteiger partial charge is 0.462 e. The molecule has 4 rings (SSSR count). The van der Waals surface area contributed by atoms with E-state index >= 15 is 0 Å². The zero-order valence-corrected chi connectivity index (χ0v) is 43.5. The first kappa shape index (κ1) is 54.7. The molecule has 0 aromatic rings. The lowest BCUT2D eigenvalue weighted by Gasteiger charge is -2.58. The average Bonchev–Trinajstić information content (AvgIpc) is 3.62. The summed E-state index contributed by atoms with van der Waals surface area (Å²) in [6.45, 7) is 25.6. The van der Waals surface area contributed by atoms with E-state index in [-0.39, 0.29) is 18.2 Å². The molecular weight excluding hydrogens is 773 g/mol. The molecule has 5 heteroatoms. The number of esters is 1. The van der Waals surface area contributed by atoms with Crippen molar-refractivity contribution in [2.75, 3.05) is 39.3 Å². The Morgan fingerprint density at radius 2 is 1.30 bits per heavy atom. The van der Waals surface area contributed by atoms with Crippen LogP contribution >= 0.6 is 0 Å². The number of rotatable bonds is 35. The van der Waals surface area contributed by atoms with Gasteiger partial charge in [-0.1, -0.05) is 183 Å². The second kappa shape index (κ2) is 29.8. The van der Waals surface area contributed by atoms with E-state index in [1.807, 2.05) is 0 Å². The minimum Gasteiger partial charge on any atom is -0.462 e. The number of aliphatic hydroxyl groups is 1. The Kier molecular flexibility index (Phi) is 25.8. The van der Waals surface area contributed by atoms with E-state index in [2.05, 4.69) is 71.3 Å². The van der Waals surface area contributed by atoms with Crippen LogP contribution in [0.1, 0.15) is 254 Å². The van der Waals surface area contributed by atoms with Gasteiger partial charge in [-0.25, -0.2) is 0 Å². The van der Waals surface area contributed by atoms with Gasteiger partial charge in [0.2, 0.25) is 0 Å². The highest BCUT2D eigenvalue weighted by Gasteiger charge is 2.59. The van der Waals surface area contributed by atoms with Crippen molar-refractivity contribution in [1.82, 2.24) is 9.80 Å². The SMILES string of the molecule is CCCCCCCCCCCCCCCCC(O)CN(CCCCCC(=O)OC1CCC2(C)C(=CCC3C2CCC2(C)C(C(C)CCCC(C)C)CCC32)C1)CCCN(CC)CC. The summed E-state index contributed by atoms with van der Waals surface area (Å²) in [5.41, 5.74) is 2.45. The molecule has 3 fully saturated rings. The third-order valence-corrected chi connectivity index (χ3v) is 18.1. The summed E-state index contributed by atoms with van der Waals surface area (Å²) < 4.78 is 6.24. The van der Waals surface area contributed by atoms with Gasteiger partial charge in [0.1, 0.15) is 6.10 Å². The number of fused-ring (bicyclic) bond motifs is 5. The highest BCUT2D eigenvalue weighted by atomic mass is 16.5. The number of hydrogen-bond donors (Lipinski definition) is 1. The third kappa shape index (κ3) is 17.9. The molecule has 0 bridgehead atoms. The van der Waals surface area contributed by atoms with Crippen LogP contribution in [0.15, 0.2) is 11.6 Å². The van der Waals surface area contributed by atoms with Crippen molar-refractivity contribution in [1.29, 1.82) is 0 Å². The Morgan fingerprint density at radius 3 is 1.95 bits per heavy atom. The second-order valence-electron chi connectivity index (χ2n) is 23.2. The smallest absolute Gasteiger partial charge is 0.306 e. The number of unbranched alkanes of at least 4 members (excludes halogenated alkanes) is 15. The van der Waals surface area contributed by atoms with Crippen LogP contribution in [-0.2, 0) is 9.53 Å². The lowest BCUT2D eigenvalue weighted by atomic mass is 9.47. The quantitative estimate of drug-likeness (QED) is 0.0390. The van der Waals surface area contributed by atoms with E-state index in [1.54, 1.807) is 5.57 Å². The molecular formula is C58H108N2O3. The molecule has 3 saturated carbocycles. The molecule has 0 heterocycles. The summed E-state index contributed by atoms with van der Waals surface area (Å²) in [4.78, 5) is 18.2. The van der Waals surface area contributed by atoms with E-state index < -0.39 is 0 Å². The number of nitrogens with zero attached hydrogens (tertiary/aromatic N) is 2. The van der Waals surface area contributed by atoms with Gasteiger partial charge < -0.3 is 19.6 Å². The standard InChI is InChI=1S/C58H108N2O3/c1-9-12-13-14-15-16-17-18-19-20-21-22-23-25-32-50(61)46-60(44-29-43-59(10-2)11-3)42-27-24-26-33-56(62)63-51-38-40-57(7)49(45-51)34-35-52-54-37-36-53(48(6)31-28-30-47(4)5)58(54,8)41-39-55(52)57/h34,47-48,50-55,61H,9-33,35-46H2,1-8H3. The van der Waals surface area contributed by atoms with Gasteiger partial charge >= 0.3 is 5.97 Å². The molecule has 0 aromatic heterocycles. The van der Waals surface area contributed by atoms with Gasteiger partial charge in [0.25, 0.3) is 0 Å². The van der Waals surface area contributed by atoms with E-state index in [1.165, 1.54) is 141 Å². The fourth-order valence-corrected chi connectivity index (χ4v) is 14.1. The molecule has 0 spiro atoms. The van der Waals surface area contributed by atoms with Gasteiger partial charge in [0.05, 0.1) is 6.10 Å². The van der Waals surface area contributed by atoms with Crippen LogP contribution in [0.2, 0.25) is 0 Å². The first-order chi connectivity index (χ1) is 30.4. The summed E-state index contributed by atoms with van der Waals surface area (Å²) in [5.74, 6) is 5.16. The van der Waals surface area contributed by atoms with Crippen molar-refractivity contribution >= 4 is 5.97 Å². The zero-order valence-electron chi connectivity index (χ0n) is 43.5. The van der Waals surface area contributed by atoms with Crippen LogP contribution in [0.5, 0.6) is 0 Å². The zero-order chi connectivity index (χ0) is 45.5. The molecule has 63 heavy (non-hydrogen) atoms. The molecule has 5 nitrogen and oxygen atoms in total. The third-order valence-electron chi connectivity index (χ3n) is 18.1. The Morgan fingerprint density at radius 1 is 0.683 bits per heavy atom. The van der Waals surface area contributed by atoms with Crippen LogP contribution in [0.4, 0.5) is 0 Å². The van der Waals surface area contributed by atoms with Crippen molar-refractivity contribution in [3.05, 3.63) is 11.6 Å². The molecule has 0 aromatic carbocycles. The highest BCUT2D eigenvalue weighted by molar-refractivity contribution is 5.69. The molecule has 0 saturated heterocycles. The lowest BCUT2D eigenvalue weighted by Crippen LogP contribution is -2.51. The molecule has 368 valence electrons. The predicted molar refractivity (Wildman–Crippen MR) is 271 cm³/mol. The monoisotopic (exact) mass is 881 g/mol. The van der Waals surface area contributed by atoms with Crippen LogP contribution < -0.4 is 0 Å². The van der Waals surface area contributed by atoms with Gasteiger partial charge in [0, 0.05) is 19.4 Å². The van der Waals surface area contributed by atoms with Gasteiger partial charge in [-0.2, -0.15) is 0 Å². The molecule has 0 radical (unpaired) electrons. The number of ether oxygens (including phenoxy) is 1. The molecule has 0 amide bonds. The molecule has 4 aliphatic carbocycles. The molecule has 9 unspecified atom stereocenters. The number of carbonyl (C=O) groups excluding carboxylic acids is 1.